The number of nitrogens with two attached hydrogens (primary N) is 1. The molecule has 6 heteroatoms. The molecule has 94 valence electrons. The van der Waals surface area contributed by atoms with Crippen LogP contribution in [0.5, 0.6) is 0 Å². The summed E-state index contributed by atoms with van der Waals surface area (Å²) in [6.45, 7) is 2.41. The molecule has 1 heterocycles. The van der Waals surface area contributed by atoms with Gasteiger partial charge in [0.15, 0.2) is 0 Å². The largest absolute Gasteiger partial charge is 0.382 e. The van der Waals surface area contributed by atoms with E-state index in [1.165, 1.54) is 35.0 Å². The quantitative estimate of drug-likeness (QED) is 0.871. The molecular weight excluding hydrogens is 235 g/mol. The predicted molar refractivity (Wildman–Crippen MR) is 66.7 cm³/mol. The Hall–Kier alpha value is -2.37. The van der Waals surface area contributed by atoms with Crippen LogP contribution in [0.1, 0.15) is 17.4 Å². The first-order chi connectivity index (χ1) is 8.60. The summed E-state index contributed by atoms with van der Waals surface area (Å²) in [6.07, 6.45) is 0. The number of rotatable bonds is 3. The van der Waals surface area contributed by atoms with Gasteiger partial charge in [0.05, 0.1) is 0 Å². The standard InChI is InChI=1S/C12H13FN4O/c1-2-17-10(7-11(14)16-17)12(18)15-9-5-3-8(13)4-6-9/h3-7H,2H2,1H3,(H2,14,16)(H,15,18). The second-order valence-corrected chi connectivity index (χ2v) is 3.73. The lowest BCUT2D eigenvalue weighted by Gasteiger charge is -2.06. The highest BCUT2D eigenvalue weighted by molar-refractivity contribution is 6.03. The van der Waals surface area contributed by atoms with Crippen LogP contribution in [-0.4, -0.2) is 15.7 Å². The van der Waals surface area contributed by atoms with Gasteiger partial charge >= 0.3 is 0 Å². The van der Waals surface area contributed by atoms with Gasteiger partial charge in [0.1, 0.15) is 17.3 Å². The third-order valence-electron chi connectivity index (χ3n) is 2.43. The van der Waals surface area contributed by atoms with Crippen molar-refractivity contribution in [1.82, 2.24) is 9.78 Å². The third-order valence-corrected chi connectivity index (χ3v) is 2.43. The van der Waals surface area contributed by atoms with Crippen LogP contribution in [0, 0.1) is 5.82 Å². The van der Waals surface area contributed by atoms with Crippen molar-refractivity contribution in [2.75, 3.05) is 11.1 Å². The van der Waals surface area contributed by atoms with Gasteiger partial charge in [-0.3, -0.25) is 9.48 Å². The molecule has 0 aliphatic rings. The predicted octanol–water partition coefficient (Wildman–Crippen LogP) is 1.88. The molecule has 0 unspecified atom stereocenters. The van der Waals surface area contributed by atoms with Crippen LogP contribution in [0.4, 0.5) is 15.9 Å². The van der Waals surface area contributed by atoms with Gasteiger partial charge < -0.3 is 11.1 Å². The van der Waals surface area contributed by atoms with Crippen LogP contribution in [-0.2, 0) is 6.54 Å². The number of amides is 1. The number of halogens is 1. The van der Waals surface area contributed by atoms with Crippen molar-refractivity contribution in [3.63, 3.8) is 0 Å². The molecule has 2 rings (SSSR count). The van der Waals surface area contributed by atoms with Crippen molar-refractivity contribution in [2.45, 2.75) is 13.5 Å². The van der Waals surface area contributed by atoms with Crippen molar-refractivity contribution in [2.24, 2.45) is 0 Å². The molecule has 0 aliphatic carbocycles. The summed E-state index contributed by atoms with van der Waals surface area (Å²) >= 11 is 0. The van der Waals surface area contributed by atoms with E-state index in [1.54, 1.807) is 0 Å². The number of benzene rings is 1. The van der Waals surface area contributed by atoms with Crippen LogP contribution >= 0.6 is 0 Å². The van der Waals surface area contributed by atoms with Crippen LogP contribution in [0.2, 0.25) is 0 Å². The maximum absolute atomic E-state index is 12.7. The van der Waals surface area contributed by atoms with E-state index in [9.17, 15) is 9.18 Å². The molecule has 0 fully saturated rings. The fourth-order valence-corrected chi connectivity index (χ4v) is 1.59. The van der Waals surface area contributed by atoms with Crippen molar-refractivity contribution < 1.29 is 9.18 Å². The maximum atomic E-state index is 12.7. The molecule has 1 amide bonds. The molecule has 1 aromatic heterocycles. The molecule has 5 nitrogen and oxygen atoms in total. The monoisotopic (exact) mass is 248 g/mol. The third kappa shape index (κ3) is 2.48. The Bertz CT molecular complexity index is 562. The average Bonchev–Trinajstić information content (AvgIpc) is 2.73. The van der Waals surface area contributed by atoms with Crippen molar-refractivity contribution >= 4 is 17.4 Å². The van der Waals surface area contributed by atoms with E-state index >= 15 is 0 Å². The summed E-state index contributed by atoms with van der Waals surface area (Å²) in [5.41, 5.74) is 6.44. The van der Waals surface area contributed by atoms with Gasteiger partial charge in [0, 0.05) is 18.3 Å². The topological polar surface area (TPSA) is 72.9 Å². The number of carbonyl (C=O) groups excluding carboxylic acids is 1. The molecule has 0 radical (unpaired) electrons. The molecule has 18 heavy (non-hydrogen) atoms. The Morgan fingerprint density at radius 1 is 1.44 bits per heavy atom. The van der Waals surface area contributed by atoms with Crippen molar-refractivity contribution in [3.8, 4) is 0 Å². The number of anilines is 2. The van der Waals surface area contributed by atoms with Crippen LogP contribution in [0.15, 0.2) is 30.3 Å². The number of nitrogens with zero attached hydrogens (tertiary/aromatic N) is 2. The van der Waals surface area contributed by atoms with Crippen LogP contribution in [0.25, 0.3) is 0 Å². The summed E-state index contributed by atoms with van der Waals surface area (Å²) in [4.78, 5) is 12.0. The lowest BCUT2D eigenvalue weighted by Crippen LogP contribution is -2.17. The van der Waals surface area contributed by atoms with E-state index in [0.29, 0.717) is 23.7 Å². The highest BCUT2D eigenvalue weighted by Gasteiger charge is 2.13. The SMILES string of the molecule is CCn1nc(N)cc1C(=O)Nc1ccc(F)cc1. The van der Waals surface area contributed by atoms with E-state index < -0.39 is 0 Å². The molecular formula is C12H13FN4O. The number of hydrogen-bond acceptors (Lipinski definition) is 3. The molecule has 0 saturated heterocycles. The number of nitrogens with one attached hydrogen (secondary N) is 1. The van der Waals surface area contributed by atoms with E-state index in [2.05, 4.69) is 10.4 Å². The Labute approximate surface area is 103 Å². The van der Waals surface area contributed by atoms with Gasteiger partial charge in [-0.15, -0.1) is 0 Å². The minimum Gasteiger partial charge on any atom is -0.382 e. The molecule has 0 saturated carbocycles. The Morgan fingerprint density at radius 2 is 2.11 bits per heavy atom. The molecule has 2 aromatic rings. The van der Waals surface area contributed by atoms with Gasteiger partial charge in [-0.1, -0.05) is 0 Å². The Balaban J connectivity index is 2.19. The first-order valence-corrected chi connectivity index (χ1v) is 5.50. The van der Waals surface area contributed by atoms with Gasteiger partial charge in [-0.05, 0) is 31.2 Å². The lowest BCUT2D eigenvalue weighted by atomic mass is 10.3. The first kappa shape index (κ1) is 12.1. The van der Waals surface area contributed by atoms with E-state index in [1.807, 2.05) is 6.92 Å². The van der Waals surface area contributed by atoms with Gasteiger partial charge in [0.2, 0.25) is 0 Å². The number of aryl methyl sites for hydroxylation is 1. The summed E-state index contributed by atoms with van der Waals surface area (Å²) in [5.74, 6) is -0.385. The zero-order valence-corrected chi connectivity index (χ0v) is 9.85. The normalized spacial score (nSPS) is 10.3. The Morgan fingerprint density at radius 3 is 2.72 bits per heavy atom. The fraction of sp³-hybridized carbons (Fsp3) is 0.167. The van der Waals surface area contributed by atoms with E-state index in [-0.39, 0.29) is 11.7 Å². The van der Waals surface area contributed by atoms with Crippen molar-refractivity contribution in [3.05, 3.63) is 41.8 Å². The first-order valence-electron chi connectivity index (χ1n) is 5.50. The molecule has 3 N–H and O–H groups in total. The van der Waals surface area contributed by atoms with Crippen LogP contribution < -0.4 is 11.1 Å². The minimum absolute atomic E-state index is 0.293. The number of aromatic nitrogens is 2. The van der Waals surface area contributed by atoms with Gasteiger partial charge in [0.25, 0.3) is 5.91 Å². The molecule has 0 atom stereocenters. The highest BCUT2D eigenvalue weighted by atomic mass is 19.1. The number of carbonyl (C=O) groups is 1. The fourth-order valence-electron chi connectivity index (χ4n) is 1.59. The van der Waals surface area contributed by atoms with Gasteiger partial charge in [-0.25, -0.2) is 4.39 Å². The molecule has 0 aliphatic heterocycles. The summed E-state index contributed by atoms with van der Waals surface area (Å²) in [6, 6.07) is 7.04. The second-order valence-electron chi connectivity index (χ2n) is 3.73. The highest BCUT2D eigenvalue weighted by Crippen LogP contribution is 2.12. The minimum atomic E-state index is -0.351. The summed E-state index contributed by atoms with van der Waals surface area (Å²) in [7, 11) is 0. The zero-order valence-electron chi connectivity index (χ0n) is 9.85. The second kappa shape index (κ2) is 4.87. The molecule has 0 spiro atoms. The summed E-state index contributed by atoms with van der Waals surface area (Å²) in [5, 5.41) is 6.63. The molecule has 1 aromatic carbocycles. The average molecular weight is 248 g/mol. The summed E-state index contributed by atoms with van der Waals surface area (Å²) < 4.78 is 14.2. The molecule has 0 bridgehead atoms. The maximum Gasteiger partial charge on any atom is 0.274 e. The van der Waals surface area contributed by atoms with E-state index in [4.69, 9.17) is 5.73 Å². The Kier molecular flexibility index (Phi) is 3.27. The zero-order chi connectivity index (χ0) is 13.1. The van der Waals surface area contributed by atoms with E-state index in [0.717, 1.165) is 0 Å². The lowest BCUT2D eigenvalue weighted by molar-refractivity contribution is 0.101. The van der Waals surface area contributed by atoms with Crippen LogP contribution in [0.3, 0.4) is 0 Å². The number of nitrogen functional groups attached to an aromatic ring is 1. The van der Waals surface area contributed by atoms with Gasteiger partial charge in [-0.2, -0.15) is 5.10 Å². The van der Waals surface area contributed by atoms with Crippen molar-refractivity contribution in [1.29, 1.82) is 0 Å². The number of hydrogen-bond donors (Lipinski definition) is 2. The smallest absolute Gasteiger partial charge is 0.274 e.